The largest absolute Gasteiger partial charge is 0.366 e. The fraction of sp³-hybridized carbons (Fsp3) is 0.500. The van der Waals surface area contributed by atoms with E-state index in [1.165, 1.54) is 19.3 Å². The Kier molecular flexibility index (Phi) is 3.59. The van der Waals surface area contributed by atoms with Gasteiger partial charge < -0.3 is 5.32 Å². The molecule has 2 nitrogen and oxygen atoms in total. The molecule has 1 aliphatic carbocycles. The van der Waals surface area contributed by atoms with Gasteiger partial charge in [-0.05, 0) is 31.4 Å². The Bertz CT molecular complexity index is 434. The van der Waals surface area contributed by atoms with Crippen LogP contribution >= 0.6 is 11.6 Å². The third kappa shape index (κ3) is 2.92. The van der Waals surface area contributed by atoms with Gasteiger partial charge in [0.05, 0.1) is 16.8 Å². The van der Waals surface area contributed by atoms with E-state index in [2.05, 4.69) is 11.4 Å². The molecule has 1 saturated carbocycles. The third-order valence-electron chi connectivity index (χ3n) is 3.45. The van der Waals surface area contributed by atoms with E-state index >= 15 is 0 Å². The summed E-state index contributed by atoms with van der Waals surface area (Å²) in [5.41, 5.74) is 0.327. The van der Waals surface area contributed by atoms with Crippen molar-refractivity contribution < 1.29 is 0 Å². The van der Waals surface area contributed by atoms with Crippen LogP contribution in [0.15, 0.2) is 24.3 Å². The van der Waals surface area contributed by atoms with Crippen molar-refractivity contribution in [2.75, 3.05) is 5.32 Å². The standard InChI is InChI=1S/C14H17ClN2/c1-14(10-16,9-11-5-4-6-11)17-13-8-3-2-7-12(13)15/h2-3,7-8,11,17H,4-6,9H2,1H3. The molecule has 0 aromatic heterocycles. The van der Waals surface area contributed by atoms with Gasteiger partial charge >= 0.3 is 0 Å². The molecule has 17 heavy (non-hydrogen) atoms. The Morgan fingerprint density at radius 2 is 2.18 bits per heavy atom. The molecule has 0 spiro atoms. The van der Waals surface area contributed by atoms with E-state index < -0.39 is 5.54 Å². The van der Waals surface area contributed by atoms with E-state index in [1.54, 1.807) is 0 Å². The van der Waals surface area contributed by atoms with Gasteiger partial charge in [-0.25, -0.2) is 0 Å². The molecule has 0 bridgehead atoms. The minimum atomic E-state index is -0.518. The average molecular weight is 249 g/mol. The Morgan fingerprint density at radius 1 is 1.47 bits per heavy atom. The van der Waals surface area contributed by atoms with Crippen molar-refractivity contribution in [2.45, 2.75) is 38.1 Å². The number of benzene rings is 1. The maximum absolute atomic E-state index is 9.35. The van der Waals surface area contributed by atoms with Crippen molar-refractivity contribution in [3.8, 4) is 6.07 Å². The summed E-state index contributed by atoms with van der Waals surface area (Å²) in [6.45, 7) is 1.95. The van der Waals surface area contributed by atoms with E-state index in [9.17, 15) is 5.26 Å². The second-order valence-corrected chi connectivity index (χ2v) is 5.46. The van der Waals surface area contributed by atoms with Gasteiger partial charge in [-0.1, -0.05) is 43.0 Å². The number of hydrogen-bond acceptors (Lipinski definition) is 2. The lowest BCUT2D eigenvalue weighted by molar-refractivity contribution is 0.267. The molecule has 0 heterocycles. The van der Waals surface area contributed by atoms with E-state index in [-0.39, 0.29) is 0 Å². The molecule has 0 amide bonds. The Hall–Kier alpha value is -1.20. The summed E-state index contributed by atoms with van der Waals surface area (Å²) < 4.78 is 0. The first-order chi connectivity index (χ1) is 8.13. The predicted octanol–water partition coefficient (Wildman–Crippen LogP) is 4.22. The van der Waals surface area contributed by atoms with Gasteiger partial charge in [0.25, 0.3) is 0 Å². The number of anilines is 1. The molecule has 0 radical (unpaired) electrons. The number of rotatable bonds is 4. The molecular weight excluding hydrogens is 232 g/mol. The van der Waals surface area contributed by atoms with Crippen molar-refractivity contribution in [2.24, 2.45) is 5.92 Å². The number of nitrogens with one attached hydrogen (secondary N) is 1. The molecule has 1 N–H and O–H groups in total. The first-order valence-corrected chi connectivity index (χ1v) is 6.45. The molecule has 0 saturated heterocycles. The molecule has 90 valence electrons. The summed E-state index contributed by atoms with van der Waals surface area (Å²) >= 11 is 6.10. The number of nitrogens with zero attached hydrogens (tertiary/aromatic N) is 1. The normalized spacial score (nSPS) is 18.9. The maximum atomic E-state index is 9.35. The number of nitriles is 1. The molecule has 1 aromatic rings. The van der Waals surface area contributed by atoms with Crippen molar-refractivity contribution in [1.29, 1.82) is 5.26 Å². The monoisotopic (exact) mass is 248 g/mol. The molecule has 0 aliphatic heterocycles. The van der Waals surface area contributed by atoms with Crippen molar-refractivity contribution in [3.05, 3.63) is 29.3 Å². The summed E-state index contributed by atoms with van der Waals surface area (Å²) in [6.07, 6.45) is 4.70. The summed E-state index contributed by atoms with van der Waals surface area (Å²) in [7, 11) is 0. The van der Waals surface area contributed by atoms with Gasteiger partial charge in [0, 0.05) is 0 Å². The fourth-order valence-corrected chi connectivity index (χ4v) is 2.44. The van der Waals surface area contributed by atoms with Crippen LogP contribution in [0.2, 0.25) is 5.02 Å². The molecule has 3 heteroatoms. The minimum Gasteiger partial charge on any atom is -0.366 e. The van der Waals surface area contributed by atoms with E-state index in [0.29, 0.717) is 10.9 Å². The van der Waals surface area contributed by atoms with Crippen molar-refractivity contribution in [1.82, 2.24) is 0 Å². The van der Waals surface area contributed by atoms with Gasteiger partial charge in [0.1, 0.15) is 5.54 Å². The van der Waals surface area contributed by atoms with Crippen LogP contribution in [0.25, 0.3) is 0 Å². The van der Waals surface area contributed by atoms with Gasteiger partial charge in [-0.15, -0.1) is 0 Å². The molecule has 2 rings (SSSR count). The SMILES string of the molecule is CC(C#N)(CC1CCC1)Nc1ccccc1Cl. The van der Waals surface area contributed by atoms with Gasteiger partial charge in [0.15, 0.2) is 0 Å². The average Bonchev–Trinajstić information content (AvgIpc) is 2.27. The zero-order valence-corrected chi connectivity index (χ0v) is 10.8. The van der Waals surface area contributed by atoms with Crippen molar-refractivity contribution in [3.63, 3.8) is 0 Å². The number of halogens is 1. The van der Waals surface area contributed by atoms with Gasteiger partial charge in [0.2, 0.25) is 0 Å². The first kappa shape index (κ1) is 12.3. The summed E-state index contributed by atoms with van der Waals surface area (Å²) in [6, 6.07) is 9.96. The lowest BCUT2D eigenvalue weighted by Crippen LogP contribution is -2.37. The Balaban J connectivity index is 2.08. The van der Waals surface area contributed by atoms with Crippen molar-refractivity contribution >= 4 is 17.3 Å². The maximum Gasteiger partial charge on any atom is 0.122 e. The minimum absolute atomic E-state index is 0.518. The summed E-state index contributed by atoms with van der Waals surface area (Å²) in [5.74, 6) is 0.689. The van der Waals surface area contributed by atoms with Crippen LogP contribution in [0.3, 0.4) is 0 Å². The van der Waals surface area contributed by atoms with Crippen LogP contribution in [0.4, 0.5) is 5.69 Å². The second-order valence-electron chi connectivity index (χ2n) is 5.05. The molecular formula is C14H17ClN2. The topological polar surface area (TPSA) is 35.8 Å². The summed E-state index contributed by atoms with van der Waals surface area (Å²) in [4.78, 5) is 0. The number of hydrogen-bond donors (Lipinski definition) is 1. The quantitative estimate of drug-likeness (QED) is 0.866. The zero-order chi connectivity index (χ0) is 12.3. The lowest BCUT2D eigenvalue weighted by atomic mass is 9.77. The highest BCUT2D eigenvalue weighted by Gasteiger charge is 2.31. The Morgan fingerprint density at radius 3 is 2.71 bits per heavy atom. The lowest BCUT2D eigenvalue weighted by Gasteiger charge is -2.33. The zero-order valence-electron chi connectivity index (χ0n) is 10.0. The van der Waals surface area contributed by atoms with Crippen LogP contribution in [0, 0.1) is 17.2 Å². The smallest absolute Gasteiger partial charge is 0.122 e. The molecule has 1 aromatic carbocycles. The van der Waals surface area contributed by atoms with Crippen LogP contribution in [0.5, 0.6) is 0 Å². The first-order valence-electron chi connectivity index (χ1n) is 6.07. The van der Waals surface area contributed by atoms with Crippen LogP contribution in [-0.4, -0.2) is 5.54 Å². The summed E-state index contributed by atoms with van der Waals surface area (Å²) in [5, 5.41) is 13.3. The molecule has 1 fully saturated rings. The van der Waals surface area contributed by atoms with E-state index in [1.807, 2.05) is 31.2 Å². The van der Waals surface area contributed by atoms with Crippen LogP contribution in [0.1, 0.15) is 32.6 Å². The van der Waals surface area contributed by atoms with Crippen LogP contribution < -0.4 is 5.32 Å². The van der Waals surface area contributed by atoms with E-state index in [4.69, 9.17) is 11.6 Å². The molecule has 1 aliphatic rings. The highest BCUT2D eigenvalue weighted by atomic mass is 35.5. The molecule has 1 unspecified atom stereocenters. The second kappa shape index (κ2) is 4.98. The number of para-hydroxylation sites is 1. The van der Waals surface area contributed by atoms with E-state index in [0.717, 1.165) is 12.1 Å². The fourth-order valence-electron chi connectivity index (χ4n) is 2.26. The Labute approximate surface area is 108 Å². The third-order valence-corrected chi connectivity index (χ3v) is 3.78. The highest BCUT2D eigenvalue weighted by molar-refractivity contribution is 6.33. The molecule has 1 atom stereocenters. The highest BCUT2D eigenvalue weighted by Crippen LogP contribution is 2.35. The van der Waals surface area contributed by atoms with Crippen LogP contribution in [-0.2, 0) is 0 Å². The van der Waals surface area contributed by atoms with Gasteiger partial charge in [-0.2, -0.15) is 5.26 Å². The van der Waals surface area contributed by atoms with Gasteiger partial charge in [-0.3, -0.25) is 0 Å². The predicted molar refractivity (Wildman–Crippen MR) is 71.1 cm³/mol.